The molecule has 0 saturated heterocycles. The quantitative estimate of drug-likeness (QED) is 0.729. The van der Waals surface area contributed by atoms with E-state index in [4.69, 9.17) is 11.6 Å². The zero-order valence-electron chi connectivity index (χ0n) is 14.3. The van der Waals surface area contributed by atoms with Crippen molar-refractivity contribution in [1.82, 2.24) is 9.55 Å². The smallest absolute Gasteiger partial charge is 0.234 e. The molecule has 0 bridgehead atoms. The van der Waals surface area contributed by atoms with Crippen LogP contribution in [-0.4, -0.2) is 21.2 Å². The van der Waals surface area contributed by atoms with E-state index in [9.17, 15) is 9.18 Å². The van der Waals surface area contributed by atoms with Gasteiger partial charge >= 0.3 is 0 Å². The zero-order chi connectivity index (χ0) is 18.0. The lowest BCUT2D eigenvalue weighted by Gasteiger charge is -2.17. The number of nitrogens with zero attached hydrogens (tertiary/aromatic N) is 2. The highest BCUT2D eigenvalue weighted by atomic mass is 35.5. The molecule has 2 aromatic rings. The summed E-state index contributed by atoms with van der Waals surface area (Å²) >= 11 is 7.24. The number of benzene rings is 1. The van der Waals surface area contributed by atoms with E-state index in [1.54, 1.807) is 0 Å². The van der Waals surface area contributed by atoms with E-state index in [0.29, 0.717) is 11.1 Å². The second-order valence-electron chi connectivity index (χ2n) is 6.33. The van der Waals surface area contributed by atoms with Crippen LogP contribution in [0.4, 0.5) is 10.1 Å². The number of imidazole rings is 1. The number of amides is 1. The Kier molecular flexibility index (Phi) is 5.69. The summed E-state index contributed by atoms with van der Waals surface area (Å²) in [6.45, 7) is 4.07. The SMILES string of the molecule is Cc1nc(SCC(=O)Nc2cc(Cl)ccc2F)n(C2CCCC2)c1C. The van der Waals surface area contributed by atoms with Crippen LogP contribution in [0, 0.1) is 19.7 Å². The Hall–Kier alpha value is -1.53. The molecule has 1 aliphatic rings. The summed E-state index contributed by atoms with van der Waals surface area (Å²) in [6.07, 6.45) is 4.79. The minimum Gasteiger partial charge on any atom is -0.323 e. The first-order valence-electron chi connectivity index (χ1n) is 8.39. The molecule has 1 fully saturated rings. The highest BCUT2D eigenvalue weighted by molar-refractivity contribution is 7.99. The predicted molar refractivity (Wildman–Crippen MR) is 100.0 cm³/mol. The van der Waals surface area contributed by atoms with Crippen molar-refractivity contribution < 1.29 is 9.18 Å². The zero-order valence-corrected chi connectivity index (χ0v) is 15.9. The van der Waals surface area contributed by atoms with Gasteiger partial charge in [-0.2, -0.15) is 0 Å². The second kappa shape index (κ2) is 7.79. The first-order valence-corrected chi connectivity index (χ1v) is 9.75. The van der Waals surface area contributed by atoms with Crippen LogP contribution >= 0.6 is 23.4 Å². The summed E-state index contributed by atoms with van der Waals surface area (Å²) in [4.78, 5) is 16.8. The molecule has 1 aromatic heterocycles. The third-order valence-corrected chi connectivity index (χ3v) is 5.77. The largest absolute Gasteiger partial charge is 0.323 e. The summed E-state index contributed by atoms with van der Waals surface area (Å²) < 4.78 is 16.0. The number of aromatic nitrogens is 2. The number of rotatable bonds is 5. The van der Waals surface area contributed by atoms with Gasteiger partial charge in [0, 0.05) is 16.8 Å². The molecule has 0 unspecified atom stereocenters. The molecule has 1 aliphatic carbocycles. The molecule has 4 nitrogen and oxygen atoms in total. The van der Waals surface area contributed by atoms with Crippen molar-refractivity contribution in [2.45, 2.75) is 50.7 Å². The second-order valence-corrected chi connectivity index (χ2v) is 7.71. The molecular formula is C18H21ClFN3OS. The van der Waals surface area contributed by atoms with Gasteiger partial charge in [-0.15, -0.1) is 0 Å². The van der Waals surface area contributed by atoms with Crippen LogP contribution < -0.4 is 5.32 Å². The van der Waals surface area contributed by atoms with Gasteiger partial charge in [0.1, 0.15) is 5.82 Å². The Morgan fingerprint density at radius 1 is 1.40 bits per heavy atom. The van der Waals surface area contributed by atoms with E-state index in [0.717, 1.165) is 29.4 Å². The number of thioether (sulfide) groups is 1. The third kappa shape index (κ3) is 4.18. The van der Waals surface area contributed by atoms with Crippen LogP contribution in [0.15, 0.2) is 23.4 Å². The van der Waals surface area contributed by atoms with E-state index in [1.807, 2.05) is 6.92 Å². The molecule has 0 spiro atoms. The summed E-state index contributed by atoms with van der Waals surface area (Å²) in [5.41, 5.74) is 2.26. The number of nitrogens with one attached hydrogen (secondary N) is 1. The van der Waals surface area contributed by atoms with Crippen molar-refractivity contribution in [2.75, 3.05) is 11.1 Å². The fraction of sp³-hybridized carbons (Fsp3) is 0.444. The van der Waals surface area contributed by atoms with E-state index in [2.05, 4.69) is 21.8 Å². The van der Waals surface area contributed by atoms with Crippen LogP contribution in [0.25, 0.3) is 0 Å². The predicted octanol–water partition coefficient (Wildman–Crippen LogP) is 5.14. The van der Waals surface area contributed by atoms with E-state index < -0.39 is 5.82 Å². The average Bonchev–Trinajstić information content (AvgIpc) is 3.18. The van der Waals surface area contributed by atoms with Crippen LogP contribution in [0.5, 0.6) is 0 Å². The molecule has 7 heteroatoms. The fourth-order valence-electron chi connectivity index (χ4n) is 3.20. The Labute approximate surface area is 156 Å². The third-order valence-electron chi connectivity index (χ3n) is 4.58. The summed E-state index contributed by atoms with van der Waals surface area (Å²) in [6, 6.07) is 4.57. The molecule has 1 amide bonds. The van der Waals surface area contributed by atoms with Gasteiger partial charge in [0.15, 0.2) is 5.16 Å². The van der Waals surface area contributed by atoms with Crippen LogP contribution in [-0.2, 0) is 4.79 Å². The van der Waals surface area contributed by atoms with Crippen molar-refractivity contribution in [1.29, 1.82) is 0 Å². The van der Waals surface area contributed by atoms with E-state index in [1.165, 1.54) is 42.8 Å². The number of hydrogen-bond acceptors (Lipinski definition) is 3. The summed E-state index contributed by atoms with van der Waals surface area (Å²) in [5, 5.41) is 3.82. The monoisotopic (exact) mass is 381 g/mol. The fourth-order valence-corrected chi connectivity index (χ4v) is 4.33. The molecule has 25 heavy (non-hydrogen) atoms. The molecule has 3 rings (SSSR count). The lowest BCUT2D eigenvalue weighted by atomic mass is 10.2. The molecule has 0 radical (unpaired) electrons. The van der Waals surface area contributed by atoms with Gasteiger partial charge in [0.25, 0.3) is 0 Å². The molecule has 1 aromatic carbocycles. The van der Waals surface area contributed by atoms with E-state index >= 15 is 0 Å². The topological polar surface area (TPSA) is 46.9 Å². The van der Waals surface area contributed by atoms with Crippen molar-refractivity contribution in [3.8, 4) is 0 Å². The summed E-state index contributed by atoms with van der Waals surface area (Å²) in [5.74, 6) is -0.599. The molecule has 0 atom stereocenters. The highest BCUT2D eigenvalue weighted by Crippen LogP contribution is 2.35. The maximum atomic E-state index is 13.7. The van der Waals surface area contributed by atoms with Crippen molar-refractivity contribution >= 4 is 35.0 Å². The molecule has 1 N–H and O–H groups in total. The number of aryl methyl sites for hydroxylation is 1. The molecule has 134 valence electrons. The van der Waals surface area contributed by atoms with Gasteiger partial charge in [-0.1, -0.05) is 36.2 Å². The van der Waals surface area contributed by atoms with Crippen LogP contribution in [0.3, 0.4) is 0 Å². The lowest BCUT2D eigenvalue weighted by Crippen LogP contribution is -2.16. The normalized spacial score (nSPS) is 14.9. The average molecular weight is 382 g/mol. The molecule has 0 aliphatic heterocycles. The lowest BCUT2D eigenvalue weighted by molar-refractivity contribution is -0.113. The first-order chi connectivity index (χ1) is 12.0. The number of anilines is 1. The van der Waals surface area contributed by atoms with Gasteiger partial charge in [0.2, 0.25) is 5.91 Å². The van der Waals surface area contributed by atoms with Crippen LogP contribution in [0.1, 0.15) is 43.1 Å². The minimum atomic E-state index is -0.498. The van der Waals surface area contributed by atoms with Crippen molar-refractivity contribution in [2.24, 2.45) is 0 Å². The maximum Gasteiger partial charge on any atom is 0.234 e. The highest BCUT2D eigenvalue weighted by Gasteiger charge is 2.23. The van der Waals surface area contributed by atoms with E-state index in [-0.39, 0.29) is 17.3 Å². The number of hydrogen-bond donors (Lipinski definition) is 1. The van der Waals surface area contributed by atoms with Crippen molar-refractivity contribution in [3.63, 3.8) is 0 Å². The van der Waals surface area contributed by atoms with Gasteiger partial charge in [-0.3, -0.25) is 4.79 Å². The van der Waals surface area contributed by atoms with Gasteiger partial charge < -0.3 is 9.88 Å². The van der Waals surface area contributed by atoms with Gasteiger partial charge in [0.05, 0.1) is 17.1 Å². The molecular weight excluding hydrogens is 361 g/mol. The number of halogens is 2. The number of carbonyl (C=O) groups excluding carboxylic acids is 1. The Bertz CT molecular complexity index is 787. The Morgan fingerprint density at radius 2 is 2.12 bits per heavy atom. The first kappa shape index (κ1) is 18.3. The van der Waals surface area contributed by atoms with Crippen molar-refractivity contribution in [3.05, 3.63) is 40.4 Å². The number of carbonyl (C=O) groups is 1. The maximum absolute atomic E-state index is 13.7. The van der Waals surface area contributed by atoms with Crippen LogP contribution in [0.2, 0.25) is 5.02 Å². The molecule has 1 heterocycles. The Morgan fingerprint density at radius 3 is 2.84 bits per heavy atom. The van der Waals surface area contributed by atoms with Gasteiger partial charge in [-0.05, 0) is 44.9 Å². The Balaban J connectivity index is 1.68. The summed E-state index contributed by atoms with van der Waals surface area (Å²) in [7, 11) is 0. The molecule has 1 saturated carbocycles. The van der Waals surface area contributed by atoms with Gasteiger partial charge in [-0.25, -0.2) is 9.37 Å². The minimum absolute atomic E-state index is 0.101. The standard InChI is InChI=1S/C18H21ClFN3OS/c1-11-12(2)23(14-5-3-4-6-14)18(21-11)25-10-17(24)22-16-9-13(19)7-8-15(16)20/h7-9,14H,3-6,10H2,1-2H3,(H,22,24).